The Morgan fingerprint density at radius 2 is 1.95 bits per heavy atom. The number of hydrogen-bond acceptors (Lipinski definition) is 4. The summed E-state index contributed by atoms with van der Waals surface area (Å²) in [6, 6.07) is 3.23. The maximum Gasteiger partial charge on any atom is 0.243 e. The average molecular weight is 303 g/mol. The maximum absolute atomic E-state index is 13.5. The Morgan fingerprint density at radius 3 is 2.45 bits per heavy atom. The van der Waals surface area contributed by atoms with E-state index in [0.717, 1.165) is 12.1 Å². The normalized spacial score (nSPS) is 12.2. The Labute approximate surface area is 117 Å². The van der Waals surface area contributed by atoms with Gasteiger partial charge in [-0.05, 0) is 39.0 Å². The quantitative estimate of drug-likeness (QED) is 0.709. The maximum atomic E-state index is 13.5. The molecule has 4 N–H and O–H groups in total. The zero-order valence-electron chi connectivity index (χ0n) is 11.5. The molecule has 1 aromatic rings. The summed E-state index contributed by atoms with van der Waals surface area (Å²) in [4.78, 5) is 11.0. The second-order valence-electron chi connectivity index (χ2n) is 5.31. The van der Waals surface area contributed by atoms with E-state index in [1.54, 1.807) is 20.8 Å². The molecule has 0 aliphatic heterocycles. The Morgan fingerprint density at radius 1 is 1.35 bits per heavy atom. The van der Waals surface area contributed by atoms with Gasteiger partial charge in [0.1, 0.15) is 10.7 Å². The number of nitrogen functional groups attached to an aromatic ring is 1. The first-order valence-corrected chi connectivity index (χ1v) is 7.35. The van der Waals surface area contributed by atoms with Crippen molar-refractivity contribution in [2.75, 3.05) is 12.3 Å². The van der Waals surface area contributed by atoms with Gasteiger partial charge in [-0.15, -0.1) is 0 Å². The van der Waals surface area contributed by atoms with Crippen LogP contribution in [0.3, 0.4) is 0 Å². The Hall–Kier alpha value is -1.67. The molecular weight excluding hydrogens is 285 g/mol. The molecule has 0 aliphatic carbocycles. The molecule has 1 rings (SSSR count). The van der Waals surface area contributed by atoms with Crippen LogP contribution in [0.1, 0.15) is 20.8 Å². The van der Waals surface area contributed by atoms with Gasteiger partial charge in [-0.25, -0.2) is 17.5 Å². The number of carbonyl (C=O) groups excluding carboxylic acids is 1. The van der Waals surface area contributed by atoms with E-state index in [2.05, 4.69) is 5.32 Å². The van der Waals surface area contributed by atoms with E-state index in [0.29, 0.717) is 0 Å². The largest absolute Gasteiger partial charge is 0.399 e. The van der Waals surface area contributed by atoms with Crippen molar-refractivity contribution >= 4 is 21.6 Å². The number of sulfonamides is 1. The average Bonchev–Trinajstić information content (AvgIpc) is 2.23. The van der Waals surface area contributed by atoms with Gasteiger partial charge in [-0.2, -0.15) is 0 Å². The molecule has 112 valence electrons. The van der Waals surface area contributed by atoms with Crippen LogP contribution in [0.4, 0.5) is 10.1 Å². The van der Waals surface area contributed by atoms with Gasteiger partial charge in [-0.1, -0.05) is 0 Å². The number of halogens is 1. The minimum absolute atomic E-state index is 0.118. The van der Waals surface area contributed by atoms with Gasteiger partial charge < -0.3 is 11.1 Å². The van der Waals surface area contributed by atoms with E-state index in [1.807, 2.05) is 4.72 Å². The van der Waals surface area contributed by atoms with E-state index >= 15 is 0 Å². The van der Waals surface area contributed by atoms with Crippen molar-refractivity contribution in [3.05, 3.63) is 24.0 Å². The number of hydrogen-bond donors (Lipinski definition) is 3. The summed E-state index contributed by atoms with van der Waals surface area (Å²) in [5.74, 6) is -1.47. The lowest BCUT2D eigenvalue weighted by molar-refractivity contribution is -0.121. The van der Waals surface area contributed by atoms with Gasteiger partial charge in [-0.3, -0.25) is 4.79 Å². The lowest BCUT2D eigenvalue weighted by Crippen LogP contribution is -2.45. The van der Waals surface area contributed by atoms with Gasteiger partial charge in [0, 0.05) is 11.2 Å². The summed E-state index contributed by atoms with van der Waals surface area (Å²) in [6.07, 6.45) is 0. The molecule has 1 amide bonds. The minimum Gasteiger partial charge on any atom is -0.399 e. The Balaban J connectivity index is 2.78. The zero-order chi connectivity index (χ0) is 15.6. The van der Waals surface area contributed by atoms with Crippen LogP contribution in [-0.2, 0) is 14.8 Å². The van der Waals surface area contributed by atoms with Crippen LogP contribution < -0.4 is 15.8 Å². The standard InChI is InChI=1S/C12H18FN3O3S/c1-12(2,3)16-11(17)7-15-20(18,19)10-5-4-8(14)6-9(10)13/h4-6,15H,7,14H2,1-3H3,(H,16,17). The second-order valence-corrected chi connectivity index (χ2v) is 7.05. The molecule has 0 bridgehead atoms. The molecular formula is C12H18FN3O3S. The van der Waals surface area contributed by atoms with Gasteiger partial charge >= 0.3 is 0 Å². The number of rotatable bonds is 4. The summed E-state index contributed by atoms with van der Waals surface area (Å²) < 4.78 is 39.3. The van der Waals surface area contributed by atoms with Gasteiger partial charge in [0.05, 0.1) is 6.54 Å². The van der Waals surface area contributed by atoms with Gasteiger partial charge in [0.25, 0.3) is 0 Å². The molecule has 0 spiro atoms. The smallest absolute Gasteiger partial charge is 0.243 e. The molecule has 0 fully saturated rings. The van der Waals surface area contributed by atoms with Crippen LogP contribution in [0.25, 0.3) is 0 Å². The van der Waals surface area contributed by atoms with Crippen LogP contribution in [0.15, 0.2) is 23.1 Å². The number of nitrogens with one attached hydrogen (secondary N) is 2. The van der Waals surface area contributed by atoms with Crippen LogP contribution in [0.5, 0.6) is 0 Å². The topological polar surface area (TPSA) is 101 Å². The Bertz CT molecular complexity index is 609. The first-order valence-electron chi connectivity index (χ1n) is 5.87. The SMILES string of the molecule is CC(C)(C)NC(=O)CNS(=O)(=O)c1ccc(N)cc1F. The lowest BCUT2D eigenvalue weighted by Gasteiger charge is -2.20. The third-order valence-electron chi connectivity index (χ3n) is 2.18. The predicted octanol–water partition coefficient (Wildman–Crippen LogP) is 0.601. The summed E-state index contributed by atoms with van der Waals surface area (Å²) in [6.45, 7) is 4.82. The predicted molar refractivity (Wildman–Crippen MR) is 73.9 cm³/mol. The molecule has 8 heteroatoms. The highest BCUT2D eigenvalue weighted by Crippen LogP contribution is 2.16. The molecule has 0 radical (unpaired) electrons. The minimum atomic E-state index is -4.10. The van der Waals surface area contributed by atoms with E-state index in [4.69, 9.17) is 5.73 Å². The highest BCUT2D eigenvalue weighted by Gasteiger charge is 2.21. The fourth-order valence-corrected chi connectivity index (χ4v) is 2.48. The third-order valence-corrected chi connectivity index (χ3v) is 3.62. The van der Waals surface area contributed by atoms with Crippen LogP contribution in [0.2, 0.25) is 0 Å². The molecule has 20 heavy (non-hydrogen) atoms. The first-order chi connectivity index (χ1) is 9.01. The van der Waals surface area contributed by atoms with Crippen molar-refractivity contribution in [1.29, 1.82) is 0 Å². The summed E-state index contributed by atoms with van der Waals surface area (Å²) in [5.41, 5.74) is 4.98. The molecule has 6 nitrogen and oxygen atoms in total. The molecule has 0 aliphatic rings. The number of carbonyl (C=O) groups is 1. The number of anilines is 1. The number of amides is 1. The Kier molecular flexibility index (Phi) is 4.72. The second kappa shape index (κ2) is 5.76. The lowest BCUT2D eigenvalue weighted by atomic mass is 10.1. The monoisotopic (exact) mass is 303 g/mol. The third kappa shape index (κ3) is 4.78. The van der Waals surface area contributed by atoms with E-state index < -0.39 is 38.7 Å². The molecule has 0 aromatic heterocycles. The molecule has 0 atom stereocenters. The number of nitrogens with two attached hydrogens (primary N) is 1. The van der Waals surface area contributed by atoms with Crippen LogP contribution >= 0.6 is 0 Å². The highest BCUT2D eigenvalue weighted by molar-refractivity contribution is 7.89. The number of benzene rings is 1. The van der Waals surface area contributed by atoms with Gasteiger partial charge in [0.15, 0.2) is 0 Å². The van der Waals surface area contributed by atoms with E-state index in [1.165, 1.54) is 6.07 Å². The summed E-state index contributed by atoms with van der Waals surface area (Å²) >= 11 is 0. The molecule has 0 saturated carbocycles. The van der Waals surface area contributed by atoms with Crippen molar-refractivity contribution in [2.45, 2.75) is 31.2 Å². The van der Waals surface area contributed by atoms with Gasteiger partial charge in [0.2, 0.25) is 15.9 Å². The van der Waals surface area contributed by atoms with Crippen LogP contribution in [0, 0.1) is 5.82 Å². The first kappa shape index (κ1) is 16.4. The highest BCUT2D eigenvalue weighted by atomic mass is 32.2. The fourth-order valence-electron chi connectivity index (χ4n) is 1.44. The van der Waals surface area contributed by atoms with Crippen LogP contribution in [-0.4, -0.2) is 26.4 Å². The van der Waals surface area contributed by atoms with Crippen molar-refractivity contribution in [2.24, 2.45) is 0 Å². The van der Waals surface area contributed by atoms with E-state index in [-0.39, 0.29) is 5.69 Å². The summed E-state index contributed by atoms with van der Waals surface area (Å²) in [7, 11) is -4.10. The van der Waals surface area contributed by atoms with Crippen molar-refractivity contribution in [1.82, 2.24) is 10.0 Å². The van der Waals surface area contributed by atoms with Crippen molar-refractivity contribution in [3.8, 4) is 0 Å². The van der Waals surface area contributed by atoms with E-state index in [9.17, 15) is 17.6 Å². The molecule has 0 saturated heterocycles. The summed E-state index contributed by atoms with van der Waals surface area (Å²) in [5, 5.41) is 2.59. The molecule has 0 unspecified atom stereocenters. The van der Waals surface area contributed by atoms with Crippen molar-refractivity contribution < 1.29 is 17.6 Å². The zero-order valence-corrected chi connectivity index (χ0v) is 12.3. The fraction of sp³-hybridized carbons (Fsp3) is 0.417. The molecule has 1 aromatic carbocycles. The molecule has 0 heterocycles. The van der Waals surface area contributed by atoms with Crippen molar-refractivity contribution in [3.63, 3.8) is 0 Å².